The second-order valence-corrected chi connectivity index (χ2v) is 8.90. The van der Waals surface area contributed by atoms with Gasteiger partial charge in [-0.1, -0.05) is 20.8 Å². The van der Waals surface area contributed by atoms with Crippen LogP contribution in [0, 0.1) is 13.8 Å². The molecule has 3 aromatic rings. The number of aromatic nitrogens is 4. The van der Waals surface area contributed by atoms with Crippen molar-refractivity contribution in [2.75, 3.05) is 26.9 Å². The first kappa shape index (κ1) is 27.3. The maximum Gasteiger partial charge on any atom is 0.245 e. The number of aliphatic hydroxyl groups is 1. The van der Waals surface area contributed by atoms with E-state index in [1.54, 1.807) is 22.3 Å². The van der Waals surface area contributed by atoms with Crippen molar-refractivity contribution >= 4 is 23.8 Å². The lowest BCUT2D eigenvalue weighted by atomic mass is 9.85. The SMILES string of the molecule is CCOc1nn2/c(=N/C)n(CC(=O)c3cc(OCCO)cc(C(C)(C)C)c3)nc2c(C)c1C.Cl. The Bertz CT molecular complexity index is 1240. The minimum absolute atomic E-state index is 0. The zero-order valence-corrected chi connectivity index (χ0v) is 21.7. The van der Waals surface area contributed by atoms with Crippen LogP contribution in [0.1, 0.15) is 54.7 Å². The van der Waals surface area contributed by atoms with Gasteiger partial charge in [0.25, 0.3) is 0 Å². The fourth-order valence-electron chi connectivity index (χ4n) is 3.48. The van der Waals surface area contributed by atoms with Crippen molar-refractivity contribution in [3.8, 4) is 11.6 Å². The number of hydrogen-bond donors (Lipinski definition) is 1. The van der Waals surface area contributed by atoms with Crippen molar-refractivity contribution in [1.29, 1.82) is 0 Å². The highest BCUT2D eigenvalue weighted by molar-refractivity contribution is 5.96. The van der Waals surface area contributed by atoms with E-state index < -0.39 is 0 Å². The molecular formula is C24H34ClN5O4. The minimum atomic E-state index is -0.179. The summed E-state index contributed by atoms with van der Waals surface area (Å²) in [7, 11) is 1.64. The summed E-state index contributed by atoms with van der Waals surface area (Å²) < 4.78 is 14.5. The Labute approximate surface area is 205 Å². The normalized spacial score (nSPS) is 12.1. The molecule has 0 spiro atoms. The van der Waals surface area contributed by atoms with E-state index in [1.807, 2.05) is 32.9 Å². The van der Waals surface area contributed by atoms with Crippen LogP contribution >= 0.6 is 12.4 Å². The third kappa shape index (κ3) is 5.59. The van der Waals surface area contributed by atoms with Crippen LogP contribution in [0.5, 0.6) is 11.6 Å². The van der Waals surface area contributed by atoms with Gasteiger partial charge >= 0.3 is 0 Å². The summed E-state index contributed by atoms with van der Waals surface area (Å²) in [6.45, 7) is 12.6. The Balaban J connectivity index is 0.00000408. The number of rotatable bonds is 8. The van der Waals surface area contributed by atoms with Gasteiger partial charge in [0.15, 0.2) is 11.4 Å². The lowest BCUT2D eigenvalue weighted by molar-refractivity contribution is 0.0965. The molecular weight excluding hydrogens is 458 g/mol. The molecule has 0 fully saturated rings. The number of halogens is 1. The van der Waals surface area contributed by atoms with Crippen molar-refractivity contribution in [3.63, 3.8) is 0 Å². The number of ether oxygens (including phenoxy) is 2. The van der Waals surface area contributed by atoms with Gasteiger partial charge in [-0.25, -0.2) is 4.68 Å². The molecule has 9 nitrogen and oxygen atoms in total. The van der Waals surface area contributed by atoms with E-state index in [9.17, 15) is 4.79 Å². The second kappa shape index (κ2) is 11.0. The maximum absolute atomic E-state index is 13.3. The fraction of sp³-hybridized carbons (Fsp3) is 0.500. The number of aryl methyl sites for hydroxylation is 1. The van der Waals surface area contributed by atoms with Crippen molar-refractivity contribution in [3.05, 3.63) is 46.1 Å². The molecule has 0 saturated carbocycles. The molecule has 0 aliphatic rings. The summed E-state index contributed by atoms with van der Waals surface area (Å²) in [5.41, 5.74) is 4.19. The summed E-state index contributed by atoms with van der Waals surface area (Å²) in [4.78, 5) is 17.7. The van der Waals surface area contributed by atoms with E-state index in [0.717, 1.165) is 16.7 Å². The molecule has 1 N–H and O–H groups in total. The number of benzene rings is 1. The molecule has 0 saturated heterocycles. The summed E-state index contributed by atoms with van der Waals surface area (Å²) in [6.07, 6.45) is 0. The fourth-order valence-corrected chi connectivity index (χ4v) is 3.48. The molecule has 0 atom stereocenters. The summed E-state index contributed by atoms with van der Waals surface area (Å²) >= 11 is 0. The Kier molecular flexibility index (Phi) is 8.85. The highest BCUT2D eigenvalue weighted by Gasteiger charge is 2.20. The molecule has 0 aliphatic heterocycles. The standard InChI is InChI=1S/C24H33N5O4.ClH/c1-8-32-22-16(3)15(2)21-26-28(23(25-7)29(21)27-22)14-20(31)17-11-18(24(4,5)6)13-19(12-17)33-10-9-30;/h11-13,30H,8-10,14H2,1-7H3;1H/b25-23+;. The van der Waals surface area contributed by atoms with Crippen molar-refractivity contribution in [2.45, 2.75) is 53.5 Å². The van der Waals surface area contributed by atoms with E-state index in [4.69, 9.17) is 14.6 Å². The monoisotopic (exact) mass is 491 g/mol. The Morgan fingerprint density at radius 2 is 1.82 bits per heavy atom. The van der Waals surface area contributed by atoms with Gasteiger partial charge in [0.05, 0.1) is 13.2 Å². The first-order chi connectivity index (χ1) is 15.6. The van der Waals surface area contributed by atoms with Crippen LogP contribution in [0.25, 0.3) is 5.65 Å². The molecule has 2 aromatic heterocycles. The van der Waals surface area contributed by atoms with Gasteiger partial charge in [-0.3, -0.25) is 9.79 Å². The lowest BCUT2D eigenvalue weighted by Crippen LogP contribution is -2.28. The van der Waals surface area contributed by atoms with Crippen molar-refractivity contribution < 1.29 is 19.4 Å². The summed E-state index contributed by atoms with van der Waals surface area (Å²) in [5.74, 6) is 0.939. The average Bonchev–Trinajstić information content (AvgIpc) is 3.12. The predicted octanol–water partition coefficient (Wildman–Crippen LogP) is 3.05. The molecule has 0 aliphatic carbocycles. The molecule has 34 heavy (non-hydrogen) atoms. The number of aliphatic hydroxyl groups excluding tert-OH is 1. The number of carbonyl (C=O) groups is 1. The minimum Gasteiger partial charge on any atom is -0.491 e. The molecule has 186 valence electrons. The number of carbonyl (C=O) groups excluding carboxylic acids is 1. The van der Waals surface area contributed by atoms with Gasteiger partial charge in [-0.2, -0.15) is 4.52 Å². The number of hydrogen-bond acceptors (Lipinski definition) is 7. The third-order valence-corrected chi connectivity index (χ3v) is 5.47. The first-order valence-electron chi connectivity index (χ1n) is 11.1. The average molecular weight is 492 g/mol. The zero-order chi connectivity index (χ0) is 24.3. The first-order valence-corrected chi connectivity index (χ1v) is 11.1. The Hall–Kier alpha value is -2.91. The number of ketones is 1. The Morgan fingerprint density at radius 1 is 1.12 bits per heavy atom. The predicted molar refractivity (Wildman–Crippen MR) is 132 cm³/mol. The largest absolute Gasteiger partial charge is 0.491 e. The Morgan fingerprint density at radius 3 is 2.41 bits per heavy atom. The molecule has 0 unspecified atom stereocenters. The smallest absolute Gasteiger partial charge is 0.245 e. The zero-order valence-electron chi connectivity index (χ0n) is 20.9. The van der Waals surface area contributed by atoms with E-state index in [0.29, 0.717) is 35.1 Å². The van der Waals surface area contributed by atoms with Crippen molar-refractivity contribution in [1.82, 2.24) is 19.4 Å². The van der Waals surface area contributed by atoms with E-state index in [1.165, 1.54) is 0 Å². The molecule has 0 radical (unpaired) electrons. The van der Waals surface area contributed by atoms with Gasteiger partial charge in [-0.05, 0) is 49.9 Å². The molecule has 0 amide bonds. The molecule has 3 rings (SSSR count). The lowest BCUT2D eigenvalue weighted by Gasteiger charge is -2.21. The summed E-state index contributed by atoms with van der Waals surface area (Å²) in [5, 5.41) is 18.3. The molecule has 10 heteroatoms. The maximum atomic E-state index is 13.3. The molecule has 1 aromatic carbocycles. The van der Waals surface area contributed by atoms with E-state index in [-0.39, 0.29) is 43.4 Å². The van der Waals surface area contributed by atoms with Crippen molar-refractivity contribution in [2.24, 2.45) is 4.99 Å². The van der Waals surface area contributed by atoms with E-state index in [2.05, 4.69) is 36.0 Å². The van der Waals surface area contributed by atoms with Crippen LogP contribution in [-0.4, -0.2) is 57.2 Å². The number of nitrogens with zero attached hydrogens (tertiary/aromatic N) is 5. The van der Waals surface area contributed by atoms with Gasteiger partial charge < -0.3 is 14.6 Å². The van der Waals surface area contributed by atoms with Gasteiger partial charge in [0.2, 0.25) is 11.5 Å². The van der Waals surface area contributed by atoms with Crippen LogP contribution < -0.4 is 15.1 Å². The van der Waals surface area contributed by atoms with Crippen LogP contribution in [-0.2, 0) is 12.0 Å². The van der Waals surface area contributed by atoms with Crippen LogP contribution in [0.2, 0.25) is 0 Å². The van der Waals surface area contributed by atoms with Gasteiger partial charge in [0.1, 0.15) is 18.9 Å². The highest BCUT2D eigenvalue weighted by atomic mass is 35.5. The molecule has 2 heterocycles. The van der Waals surface area contributed by atoms with Crippen LogP contribution in [0.4, 0.5) is 0 Å². The van der Waals surface area contributed by atoms with E-state index >= 15 is 0 Å². The third-order valence-electron chi connectivity index (χ3n) is 5.47. The quantitative estimate of drug-likeness (QED) is 0.486. The van der Waals surface area contributed by atoms with Gasteiger partial charge in [0, 0.05) is 23.7 Å². The summed E-state index contributed by atoms with van der Waals surface area (Å²) in [6, 6.07) is 5.49. The number of fused-ring (bicyclic) bond motifs is 1. The second-order valence-electron chi connectivity index (χ2n) is 8.90. The molecule has 0 bridgehead atoms. The topological polar surface area (TPSA) is 103 Å². The number of Topliss-reactive ketones (excluding diaryl/α,β-unsaturated/α-hetero) is 1. The van der Waals surface area contributed by atoms with Crippen LogP contribution in [0.15, 0.2) is 23.2 Å². The van der Waals surface area contributed by atoms with Crippen LogP contribution in [0.3, 0.4) is 0 Å². The van der Waals surface area contributed by atoms with Gasteiger partial charge in [-0.15, -0.1) is 22.6 Å². The highest BCUT2D eigenvalue weighted by Crippen LogP contribution is 2.28.